The molecule has 6 heteroatoms. The van der Waals surface area contributed by atoms with Gasteiger partial charge >= 0.3 is 5.97 Å². The van der Waals surface area contributed by atoms with Crippen LogP contribution >= 0.6 is 11.3 Å². The average Bonchev–Trinajstić information content (AvgIpc) is 2.78. The third-order valence-corrected chi connectivity index (χ3v) is 3.37. The van der Waals surface area contributed by atoms with E-state index in [2.05, 4.69) is 9.99 Å². The fourth-order valence-corrected chi connectivity index (χ4v) is 2.59. The highest BCUT2D eigenvalue weighted by Crippen LogP contribution is 2.30. The standard InChI is InChI=1S/C12H11NO4S/c1-16-7-3-4-8-9(6-18-10(8)5-7)11(12(14)15)13-17-2/h3-6H,1-2H3,(H,14,15)/b13-11+. The molecular formula is C12H11NO4S. The SMILES string of the molecule is CO/N=C(/C(=O)O)c1csc2cc(OC)ccc12. The molecule has 2 aromatic rings. The summed E-state index contributed by atoms with van der Waals surface area (Å²) in [6.07, 6.45) is 0. The van der Waals surface area contributed by atoms with Crippen LogP contribution in [0.25, 0.3) is 10.1 Å². The summed E-state index contributed by atoms with van der Waals surface area (Å²) >= 11 is 1.44. The number of carboxylic acid groups (broad SMARTS) is 1. The van der Waals surface area contributed by atoms with Crippen molar-refractivity contribution in [1.82, 2.24) is 0 Å². The van der Waals surface area contributed by atoms with Crippen LogP contribution in [0.15, 0.2) is 28.7 Å². The maximum absolute atomic E-state index is 11.1. The fourth-order valence-electron chi connectivity index (χ4n) is 1.61. The molecule has 0 saturated carbocycles. The number of thiophene rings is 1. The molecular weight excluding hydrogens is 254 g/mol. The van der Waals surface area contributed by atoms with Gasteiger partial charge in [0.1, 0.15) is 12.9 Å². The molecule has 94 valence electrons. The van der Waals surface area contributed by atoms with E-state index in [-0.39, 0.29) is 5.71 Å². The summed E-state index contributed by atoms with van der Waals surface area (Å²) in [6, 6.07) is 5.45. The Hall–Kier alpha value is -2.08. The van der Waals surface area contributed by atoms with E-state index >= 15 is 0 Å². The Bertz CT molecular complexity index is 618. The number of hydrogen-bond donors (Lipinski definition) is 1. The van der Waals surface area contributed by atoms with Crippen LogP contribution < -0.4 is 4.74 Å². The zero-order valence-corrected chi connectivity index (χ0v) is 10.7. The van der Waals surface area contributed by atoms with Gasteiger partial charge in [-0.2, -0.15) is 0 Å². The molecule has 0 aliphatic heterocycles. The maximum Gasteiger partial charge on any atom is 0.358 e. The lowest BCUT2D eigenvalue weighted by atomic mass is 10.1. The number of methoxy groups -OCH3 is 1. The van der Waals surface area contributed by atoms with Crippen molar-refractivity contribution in [3.63, 3.8) is 0 Å². The number of benzene rings is 1. The van der Waals surface area contributed by atoms with Crippen molar-refractivity contribution in [3.8, 4) is 5.75 Å². The number of aliphatic carboxylic acids is 1. The Balaban J connectivity index is 2.58. The van der Waals surface area contributed by atoms with E-state index in [1.165, 1.54) is 18.4 Å². The quantitative estimate of drug-likeness (QED) is 0.680. The Morgan fingerprint density at radius 3 is 2.78 bits per heavy atom. The van der Waals surface area contributed by atoms with Gasteiger partial charge in [0.25, 0.3) is 0 Å². The van der Waals surface area contributed by atoms with Gasteiger partial charge in [-0.3, -0.25) is 0 Å². The molecule has 1 N–H and O–H groups in total. The first-order chi connectivity index (χ1) is 8.67. The second-order valence-corrected chi connectivity index (χ2v) is 4.35. The highest BCUT2D eigenvalue weighted by Gasteiger charge is 2.18. The number of carbonyl (C=O) groups is 1. The molecule has 0 spiro atoms. The zero-order chi connectivity index (χ0) is 13.1. The second-order valence-electron chi connectivity index (χ2n) is 3.44. The molecule has 0 radical (unpaired) electrons. The number of fused-ring (bicyclic) bond motifs is 1. The van der Waals surface area contributed by atoms with Crippen LogP contribution in [0.4, 0.5) is 0 Å². The molecule has 18 heavy (non-hydrogen) atoms. The number of nitrogens with zero attached hydrogens (tertiary/aromatic N) is 1. The first-order valence-electron chi connectivity index (χ1n) is 5.07. The van der Waals surface area contributed by atoms with Crippen molar-refractivity contribution >= 4 is 33.1 Å². The van der Waals surface area contributed by atoms with Crippen LogP contribution in [-0.4, -0.2) is 31.0 Å². The third kappa shape index (κ3) is 2.14. The van der Waals surface area contributed by atoms with Gasteiger partial charge in [-0.1, -0.05) is 5.16 Å². The monoisotopic (exact) mass is 265 g/mol. The van der Waals surface area contributed by atoms with Crippen molar-refractivity contribution in [2.24, 2.45) is 5.16 Å². The predicted molar refractivity (Wildman–Crippen MR) is 69.6 cm³/mol. The molecule has 1 aromatic heterocycles. The molecule has 0 aliphatic carbocycles. The van der Waals surface area contributed by atoms with E-state index in [1.807, 2.05) is 12.1 Å². The van der Waals surface area contributed by atoms with E-state index in [1.54, 1.807) is 18.6 Å². The summed E-state index contributed by atoms with van der Waals surface area (Å²) < 4.78 is 6.06. The summed E-state index contributed by atoms with van der Waals surface area (Å²) in [5.74, 6) is -0.385. The first kappa shape index (κ1) is 12.4. The highest BCUT2D eigenvalue weighted by atomic mass is 32.1. The average molecular weight is 265 g/mol. The fraction of sp³-hybridized carbons (Fsp3) is 0.167. The molecule has 1 heterocycles. The number of hydrogen-bond acceptors (Lipinski definition) is 5. The molecule has 2 rings (SSSR count). The Labute approximate surface area is 107 Å². The van der Waals surface area contributed by atoms with Crippen molar-refractivity contribution in [2.75, 3.05) is 14.2 Å². The minimum absolute atomic E-state index is 0.103. The Morgan fingerprint density at radius 1 is 1.39 bits per heavy atom. The van der Waals surface area contributed by atoms with E-state index in [0.29, 0.717) is 5.56 Å². The Morgan fingerprint density at radius 2 is 2.17 bits per heavy atom. The topological polar surface area (TPSA) is 68.1 Å². The van der Waals surface area contributed by atoms with Crippen LogP contribution in [-0.2, 0) is 9.63 Å². The van der Waals surface area contributed by atoms with Crippen molar-refractivity contribution < 1.29 is 19.5 Å². The van der Waals surface area contributed by atoms with Gasteiger partial charge in [0.15, 0.2) is 5.71 Å². The van der Waals surface area contributed by atoms with Gasteiger partial charge in [-0.05, 0) is 18.2 Å². The molecule has 0 amide bonds. The van der Waals surface area contributed by atoms with Crippen molar-refractivity contribution in [3.05, 3.63) is 29.1 Å². The summed E-state index contributed by atoms with van der Waals surface area (Å²) in [7, 11) is 2.91. The lowest BCUT2D eigenvalue weighted by Gasteiger charge is -2.01. The van der Waals surface area contributed by atoms with Crippen molar-refractivity contribution in [2.45, 2.75) is 0 Å². The molecule has 0 atom stereocenters. The molecule has 0 aliphatic rings. The maximum atomic E-state index is 11.1. The third-order valence-electron chi connectivity index (χ3n) is 2.42. The van der Waals surface area contributed by atoms with E-state index in [9.17, 15) is 4.79 Å². The summed E-state index contributed by atoms with van der Waals surface area (Å²) in [5, 5.41) is 15.2. The van der Waals surface area contributed by atoms with Crippen LogP contribution in [0.2, 0.25) is 0 Å². The minimum atomic E-state index is -1.12. The van der Waals surface area contributed by atoms with E-state index < -0.39 is 5.97 Å². The van der Waals surface area contributed by atoms with Crippen LogP contribution in [0.5, 0.6) is 5.75 Å². The molecule has 5 nitrogen and oxygen atoms in total. The summed E-state index contributed by atoms with van der Waals surface area (Å²) in [6.45, 7) is 0. The minimum Gasteiger partial charge on any atom is -0.497 e. The summed E-state index contributed by atoms with van der Waals surface area (Å²) in [4.78, 5) is 15.7. The lowest BCUT2D eigenvalue weighted by molar-refractivity contribution is -0.129. The largest absolute Gasteiger partial charge is 0.497 e. The van der Waals surface area contributed by atoms with Crippen LogP contribution in [0, 0.1) is 0 Å². The Kier molecular flexibility index (Phi) is 3.47. The second kappa shape index (κ2) is 5.05. The van der Waals surface area contributed by atoms with Crippen molar-refractivity contribution in [1.29, 1.82) is 0 Å². The van der Waals surface area contributed by atoms with Gasteiger partial charge in [0.05, 0.1) is 7.11 Å². The number of carboxylic acids is 1. The zero-order valence-electron chi connectivity index (χ0n) is 9.84. The summed E-state index contributed by atoms with van der Waals surface area (Å²) in [5.41, 5.74) is 0.445. The number of ether oxygens (including phenoxy) is 1. The molecule has 0 bridgehead atoms. The lowest BCUT2D eigenvalue weighted by Crippen LogP contribution is -2.14. The van der Waals surface area contributed by atoms with Crippen LogP contribution in [0.1, 0.15) is 5.56 Å². The number of rotatable bonds is 4. The molecule has 1 aromatic carbocycles. The smallest absolute Gasteiger partial charge is 0.358 e. The highest BCUT2D eigenvalue weighted by molar-refractivity contribution is 7.17. The van der Waals surface area contributed by atoms with E-state index in [4.69, 9.17) is 9.84 Å². The molecule has 0 unspecified atom stereocenters. The number of oxime groups is 1. The van der Waals surface area contributed by atoms with Gasteiger partial charge in [0, 0.05) is 21.0 Å². The van der Waals surface area contributed by atoms with Gasteiger partial charge < -0.3 is 14.7 Å². The van der Waals surface area contributed by atoms with E-state index in [0.717, 1.165) is 15.8 Å². The predicted octanol–water partition coefficient (Wildman–Crippen LogP) is 2.35. The van der Waals surface area contributed by atoms with Crippen LogP contribution in [0.3, 0.4) is 0 Å². The van der Waals surface area contributed by atoms with Gasteiger partial charge in [-0.15, -0.1) is 11.3 Å². The van der Waals surface area contributed by atoms with Gasteiger partial charge in [-0.25, -0.2) is 4.79 Å². The molecule has 0 fully saturated rings. The first-order valence-corrected chi connectivity index (χ1v) is 5.95. The molecule has 0 saturated heterocycles. The van der Waals surface area contributed by atoms with Gasteiger partial charge in [0.2, 0.25) is 0 Å². The normalized spacial score (nSPS) is 11.6.